The Kier molecular flexibility index (Phi) is 6.67. The molecule has 0 bridgehead atoms. The molecule has 9 heteroatoms. The van der Waals surface area contributed by atoms with E-state index in [0.29, 0.717) is 16.3 Å². The molecule has 0 aliphatic carbocycles. The fourth-order valence-electron chi connectivity index (χ4n) is 2.18. The van der Waals surface area contributed by atoms with Gasteiger partial charge in [0.15, 0.2) is 6.10 Å². The second-order valence-corrected chi connectivity index (χ2v) is 6.62. The van der Waals surface area contributed by atoms with Gasteiger partial charge in [-0.25, -0.2) is 0 Å². The molecule has 0 saturated carbocycles. The summed E-state index contributed by atoms with van der Waals surface area (Å²) >= 11 is 1.15. The summed E-state index contributed by atoms with van der Waals surface area (Å²) in [7, 11) is 0. The smallest absolute Gasteiger partial charge is 0.311 e. The molecule has 0 radical (unpaired) electrons. The first-order valence-corrected chi connectivity index (χ1v) is 8.88. The number of hydrogen-bond acceptors (Lipinski definition) is 6. The molecule has 0 spiro atoms. The molecule has 8 nitrogen and oxygen atoms in total. The van der Waals surface area contributed by atoms with Crippen molar-refractivity contribution >= 4 is 45.7 Å². The van der Waals surface area contributed by atoms with Crippen LogP contribution in [0.15, 0.2) is 35.7 Å². The Bertz CT molecular complexity index is 860. The molecule has 4 N–H and O–H groups in total. The average Bonchev–Trinajstić information content (AvgIpc) is 3.04. The Labute approximate surface area is 159 Å². The molecule has 1 heterocycles. The maximum Gasteiger partial charge on any atom is 0.311 e. The number of rotatable bonds is 7. The van der Waals surface area contributed by atoms with E-state index < -0.39 is 23.9 Å². The number of thiophene rings is 1. The molecule has 3 amide bonds. The van der Waals surface area contributed by atoms with Gasteiger partial charge in [-0.05, 0) is 36.1 Å². The van der Waals surface area contributed by atoms with E-state index in [1.165, 1.54) is 19.9 Å². The van der Waals surface area contributed by atoms with Crippen LogP contribution in [0, 0.1) is 0 Å². The highest BCUT2D eigenvalue weighted by Gasteiger charge is 2.20. The minimum Gasteiger partial charge on any atom is -0.452 e. The van der Waals surface area contributed by atoms with Crippen LogP contribution in [-0.4, -0.2) is 29.8 Å². The lowest BCUT2D eigenvalue weighted by Gasteiger charge is -2.13. The van der Waals surface area contributed by atoms with Gasteiger partial charge in [-0.1, -0.05) is 12.1 Å². The lowest BCUT2D eigenvalue weighted by atomic mass is 10.1. The van der Waals surface area contributed by atoms with Crippen molar-refractivity contribution in [1.82, 2.24) is 0 Å². The number of carbonyl (C=O) groups is 4. The maximum atomic E-state index is 12.1. The molecular weight excluding hydrogens is 370 g/mol. The number of nitrogens with two attached hydrogens (primary N) is 1. The predicted molar refractivity (Wildman–Crippen MR) is 101 cm³/mol. The van der Waals surface area contributed by atoms with Crippen LogP contribution in [0.4, 0.5) is 10.7 Å². The zero-order valence-electron chi connectivity index (χ0n) is 14.8. The Balaban J connectivity index is 1.89. The van der Waals surface area contributed by atoms with Gasteiger partial charge < -0.3 is 21.1 Å². The molecule has 2 aromatic rings. The van der Waals surface area contributed by atoms with Crippen LogP contribution in [0.25, 0.3) is 0 Å². The monoisotopic (exact) mass is 389 g/mol. The van der Waals surface area contributed by atoms with Gasteiger partial charge in [-0.15, -0.1) is 11.3 Å². The third-order valence-corrected chi connectivity index (χ3v) is 4.30. The number of esters is 1. The van der Waals surface area contributed by atoms with Gasteiger partial charge in [0.05, 0.1) is 12.0 Å². The summed E-state index contributed by atoms with van der Waals surface area (Å²) in [5.41, 5.74) is 6.72. The first-order chi connectivity index (χ1) is 12.8. The SMILES string of the molecule is CC(=O)Nc1ccc(CC(=O)O[C@@H](C)C(=O)Nc2sccc2C(N)=O)cc1. The Morgan fingerprint density at radius 3 is 2.37 bits per heavy atom. The number of anilines is 2. The number of ether oxygens (including phenoxy) is 1. The zero-order chi connectivity index (χ0) is 20.0. The van der Waals surface area contributed by atoms with E-state index in [0.717, 1.165) is 11.3 Å². The lowest BCUT2D eigenvalue weighted by molar-refractivity contribution is -0.152. The second-order valence-electron chi connectivity index (χ2n) is 5.70. The van der Waals surface area contributed by atoms with Gasteiger partial charge in [0.25, 0.3) is 11.8 Å². The molecule has 0 fully saturated rings. The summed E-state index contributed by atoms with van der Waals surface area (Å²) < 4.78 is 5.13. The first kappa shape index (κ1) is 20.1. The normalized spacial score (nSPS) is 11.3. The van der Waals surface area contributed by atoms with Crippen LogP contribution >= 0.6 is 11.3 Å². The van der Waals surface area contributed by atoms with Crippen LogP contribution in [0.3, 0.4) is 0 Å². The van der Waals surface area contributed by atoms with Crippen molar-refractivity contribution in [2.24, 2.45) is 5.73 Å². The van der Waals surface area contributed by atoms with Crippen LogP contribution in [0.2, 0.25) is 0 Å². The van der Waals surface area contributed by atoms with Crippen molar-refractivity contribution in [2.75, 3.05) is 10.6 Å². The van der Waals surface area contributed by atoms with E-state index in [-0.39, 0.29) is 17.9 Å². The molecule has 1 atom stereocenters. The summed E-state index contributed by atoms with van der Waals surface area (Å²) in [5.74, 6) is -1.98. The van der Waals surface area contributed by atoms with Crippen molar-refractivity contribution in [3.05, 3.63) is 46.8 Å². The Hall–Kier alpha value is -3.20. The number of primary amides is 1. The third-order valence-electron chi connectivity index (χ3n) is 3.47. The van der Waals surface area contributed by atoms with Gasteiger partial charge in [-0.2, -0.15) is 0 Å². The van der Waals surface area contributed by atoms with Crippen molar-refractivity contribution in [3.63, 3.8) is 0 Å². The van der Waals surface area contributed by atoms with E-state index in [4.69, 9.17) is 10.5 Å². The van der Waals surface area contributed by atoms with Gasteiger partial charge in [0.1, 0.15) is 5.00 Å². The second kappa shape index (κ2) is 8.95. The van der Waals surface area contributed by atoms with Crippen LogP contribution < -0.4 is 16.4 Å². The van der Waals surface area contributed by atoms with Gasteiger partial charge in [0, 0.05) is 12.6 Å². The summed E-state index contributed by atoms with van der Waals surface area (Å²) in [4.78, 5) is 46.4. The molecular formula is C18H19N3O5S. The molecule has 2 rings (SSSR count). The van der Waals surface area contributed by atoms with Crippen LogP contribution in [0.5, 0.6) is 0 Å². The highest BCUT2D eigenvalue weighted by molar-refractivity contribution is 7.14. The van der Waals surface area contributed by atoms with Crippen molar-refractivity contribution in [2.45, 2.75) is 26.4 Å². The van der Waals surface area contributed by atoms with E-state index in [9.17, 15) is 19.2 Å². The number of hydrogen-bond donors (Lipinski definition) is 3. The van der Waals surface area contributed by atoms with Gasteiger partial charge in [0.2, 0.25) is 5.91 Å². The van der Waals surface area contributed by atoms with E-state index in [2.05, 4.69) is 10.6 Å². The lowest BCUT2D eigenvalue weighted by Crippen LogP contribution is -2.30. The largest absolute Gasteiger partial charge is 0.452 e. The summed E-state index contributed by atoms with van der Waals surface area (Å²) in [6.07, 6.45) is -1.07. The molecule has 142 valence electrons. The fourth-order valence-corrected chi connectivity index (χ4v) is 2.98. The number of amides is 3. The fraction of sp³-hybridized carbons (Fsp3) is 0.222. The minimum atomic E-state index is -1.04. The Morgan fingerprint density at radius 2 is 1.78 bits per heavy atom. The maximum absolute atomic E-state index is 12.1. The molecule has 27 heavy (non-hydrogen) atoms. The standard InChI is InChI=1S/C18H19N3O5S/c1-10(17(25)21-18-14(16(19)24)7-8-27-18)26-15(23)9-12-3-5-13(6-4-12)20-11(2)22/h3-8,10H,9H2,1-2H3,(H2,19,24)(H,20,22)(H,21,25)/t10-/m0/s1. The molecule has 0 aliphatic heterocycles. The van der Waals surface area contributed by atoms with E-state index in [1.807, 2.05) is 0 Å². The van der Waals surface area contributed by atoms with Crippen LogP contribution in [0.1, 0.15) is 29.8 Å². The summed E-state index contributed by atoms with van der Waals surface area (Å²) in [6, 6.07) is 8.21. The van der Waals surface area contributed by atoms with Crippen LogP contribution in [-0.2, 0) is 25.5 Å². The summed E-state index contributed by atoms with van der Waals surface area (Å²) in [6.45, 7) is 2.84. The average molecular weight is 389 g/mol. The number of benzene rings is 1. The van der Waals surface area contributed by atoms with E-state index in [1.54, 1.807) is 29.6 Å². The topological polar surface area (TPSA) is 128 Å². The van der Waals surface area contributed by atoms with E-state index >= 15 is 0 Å². The minimum absolute atomic E-state index is 0.0243. The molecule has 1 aromatic heterocycles. The van der Waals surface area contributed by atoms with Gasteiger partial charge >= 0.3 is 5.97 Å². The molecule has 0 saturated heterocycles. The molecule has 1 aromatic carbocycles. The zero-order valence-corrected chi connectivity index (χ0v) is 15.6. The quantitative estimate of drug-likeness (QED) is 0.623. The molecule has 0 unspecified atom stereocenters. The highest BCUT2D eigenvalue weighted by Crippen LogP contribution is 2.23. The Morgan fingerprint density at radius 1 is 1.11 bits per heavy atom. The predicted octanol–water partition coefficient (Wildman–Crippen LogP) is 1.92. The highest BCUT2D eigenvalue weighted by atomic mass is 32.1. The van der Waals surface area contributed by atoms with Crippen molar-refractivity contribution < 1.29 is 23.9 Å². The van der Waals surface area contributed by atoms with Crippen molar-refractivity contribution in [1.29, 1.82) is 0 Å². The number of carbonyl (C=O) groups excluding carboxylic acids is 4. The summed E-state index contributed by atoms with van der Waals surface area (Å²) in [5, 5.41) is 7.09. The number of nitrogens with one attached hydrogen (secondary N) is 2. The van der Waals surface area contributed by atoms with Gasteiger partial charge in [-0.3, -0.25) is 19.2 Å². The third kappa shape index (κ3) is 5.93. The van der Waals surface area contributed by atoms with Crippen molar-refractivity contribution in [3.8, 4) is 0 Å². The first-order valence-electron chi connectivity index (χ1n) is 8.00. The molecule has 0 aliphatic rings.